The van der Waals surface area contributed by atoms with Crippen molar-refractivity contribution in [3.63, 3.8) is 0 Å². The van der Waals surface area contributed by atoms with E-state index in [9.17, 15) is 4.79 Å². The molecule has 0 radical (unpaired) electrons. The standard InChI is InChI=1S/C24H26ClN3O4/c1-2-31-23-12-9-19(25)13-21(23)28-16-30-15-27-14-18-5-3-4-6-22(18)32-20-10-7-17(8-11-20)24(26)29/h3-13,27-28H,2,14-16H2,1H3,(H2,26,29). The molecule has 0 aliphatic heterocycles. The summed E-state index contributed by atoms with van der Waals surface area (Å²) < 4.78 is 17.2. The van der Waals surface area contributed by atoms with E-state index >= 15 is 0 Å². The lowest BCUT2D eigenvalue weighted by Gasteiger charge is -2.14. The second-order valence-corrected chi connectivity index (χ2v) is 7.20. The highest BCUT2D eigenvalue weighted by Crippen LogP contribution is 2.28. The van der Waals surface area contributed by atoms with Gasteiger partial charge in [-0.3, -0.25) is 10.1 Å². The lowest BCUT2D eigenvalue weighted by Crippen LogP contribution is -2.20. The third kappa shape index (κ3) is 6.88. The normalized spacial score (nSPS) is 10.6. The Kier molecular flexibility index (Phi) is 8.74. The average molecular weight is 456 g/mol. The molecule has 3 aromatic rings. The summed E-state index contributed by atoms with van der Waals surface area (Å²) in [4.78, 5) is 11.2. The number of para-hydroxylation sites is 1. The quantitative estimate of drug-likeness (QED) is 0.269. The molecular formula is C24H26ClN3O4. The maximum absolute atomic E-state index is 11.2. The Hall–Kier alpha value is -3.26. The van der Waals surface area contributed by atoms with Crippen LogP contribution in [0.15, 0.2) is 66.7 Å². The number of hydrogen-bond donors (Lipinski definition) is 3. The van der Waals surface area contributed by atoms with Crippen LogP contribution in [0.2, 0.25) is 5.02 Å². The van der Waals surface area contributed by atoms with E-state index in [0.29, 0.717) is 42.0 Å². The number of ether oxygens (including phenoxy) is 3. The second-order valence-electron chi connectivity index (χ2n) is 6.77. The molecule has 0 spiro atoms. The molecule has 0 aliphatic rings. The fourth-order valence-corrected chi connectivity index (χ4v) is 3.10. The molecular weight excluding hydrogens is 430 g/mol. The van der Waals surface area contributed by atoms with Gasteiger partial charge in [0.15, 0.2) is 0 Å². The van der Waals surface area contributed by atoms with Crippen LogP contribution in [0.4, 0.5) is 5.69 Å². The number of nitrogens with one attached hydrogen (secondary N) is 2. The maximum Gasteiger partial charge on any atom is 0.248 e. The van der Waals surface area contributed by atoms with E-state index in [0.717, 1.165) is 17.0 Å². The molecule has 4 N–H and O–H groups in total. The molecule has 1 amide bonds. The van der Waals surface area contributed by atoms with Crippen LogP contribution in [0, 0.1) is 0 Å². The maximum atomic E-state index is 11.2. The highest BCUT2D eigenvalue weighted by molar-refractivity contribution is 6.30. The molecule has 0 aliphatic carbocycles. The Morgan fingerprint density at radius 3 is 2.53 bits per heavy atom. The van der Waals surface area contributed by atoms with Crippen molar-refractivity contribution in [1.29, 1.82) is 0 Å². The van der Waals surface area contributed by atoms with Crippen molar-refractivity contribution < 1.29 is 19.0 Å². The highest BCUT2D eigenvalue weighted by Gasteiger charge is 2.07. The number of hydrogen-bond acceptors (Lipinski definition) is 6. The van der Waals surface area contributed by atoms with Crippen LogP contribution in [-0.4, -0.2) is 26.0 Å². The number of nitrogens with two attached hydrogens (primary N) is 1. The first kappa shape index (κ1) is 23.4. The Labute approximate surface area is 192 Å². The molecule has 0 saturated carbocycles. The molecule has 32 heavy (non-hydrogen) atoms. The average Bonchev–Trinajstić information content (AvgIpc) is 2.79. The van der Waals surface area contributed by atoms with E-state index in [1.807, 2.05) is 37.3 Å². The van der Waals surface area contributed by atoms with Crippen molar-refractivity contribution in [3.05, 3.63) is 82.9 Å². The van der Waals surface area contributed by atoms with E-state index in [2.05, 4.69) is 10.6 Å². The fraction of sp³-hybridized carbons (Fsp3) is 0.208. The van der Waals surface area contributed by atoms with Crippen molar-refractivity contribution in [2.24, 2.45) is 5.73 Å². The van der Waals surface area contributed by atoms with E-state index in [4.69, 9.17) is 31.5 Å². The zero-order chi connectivity index (χ0) is 22.8. The van der Waals surface area contributed by atoms with Crippen molar-refractivity contribution in [1.82, 2.24) is 5.32 Å². The summed E-state index contributed by atoms with van der Waals surface area (Å²) in [6, 6.07) is 19.8. The zero-order valence-electron chi connectivity index (χ0n) is 17.8. The molecule has 3 aromatic carbocycles. The summed E-state index contributed by atoms with van der Waals surface area (Å²) in [5.74, 6) is 1.59. The SMILES string of the molecule is CCOc1ccc(Cl)cc1NCOCNCc1ccccc1Oc1ccc(C(N)=O)cc1. The van der Waals surface area contributed by atoms with Crippen LogP contribution in [0.3, 0.4) is 0 Å². The molecule has 0 saturated heterocycles. The lowest BCUT2D eigenvalue weighted by atomic mass is 10.2. The van der Waals surface area contributed by atoms with Crippen LogP contribution >= 0.6 is 11.6 Å². The summed E-state index contributed by atoms with van der Waals surface area (Å²) in [5.41, 5.74) is 7.46. The zero-order valence-corrected chi connectivity index (χ0v) is 18.5. The van der Waals surface area contributed by atoms with Gasteiger partial charge < -0.3 is 25.3 Å². The number of amides is 1. The minimum absolute atomic E-state index is 0.289. The molecule has 3 rings (SSSR count). The molecule has 0 heterocycles. The van der Waals surface area contributed by atoms with Gasteiger partial charge in [0.2, 0.25) is 5.91 Å². The lowest BCUT2D eigenvalue weighted by molar-refractivity contribution is 0.100. The van der Waals surface area contributed by atoms with Crippen LogP contribution in [0.25, 0.3) is 0 Å². The Bertz CT molecular complexity index is 1030. The van der Waals surface area contributed by atoms with Gasteiger partial charge in [0.05, 0.1) is 19.0 Å². The Balaban J connectivity index is 1.47. The predicted octanol–water partition coefficient (Wildman–Crippen LogP) is 4.76. The minimum atomic E-state index is -0.472. The number of carbonyl (C=O) groups is 1. The first-order valence-corrected chi connectivity index (χ1v) is 10.5. The van der Waals surface area contributed by atoms with Crippen molar-refractivity contribution >= 4 is 23.2 Å². The molecule has 0 bridgehead atoms. The summed E-state index contributed by atoms with van der Waals surface area (Å²) in [6.45, 7) is 3.67. The summed E-state index contributed by atoms with van der Waals surface area (Å²) in [5, 5.41) is 7.01. The molecule has 0 unspecified atom stereocenters. The van der Waals surface area contributed by atoms with Crippen molar-refractivity contribution in [2.45, 2.75) is 13.5 Å². The Morgan fingerprint density at radius 1 is 1.00 bits per heavy atom. The van der Waals surface area contributed by atoms with Gasteiger partial charge in [-0.05, 0) is 55.5 Å². The monoisotopic (exact) mass is 455 g/mol. The largest absolute Gasteiger partial charge is 0.492 e. The molecule has 0 aromatic heterocycles. The first-order valence-electron chi connectivity index (χ1n) is 10.2. The number of halogens is 1. The van der Waals surface area contributed by atoms with Gasteiger partial charge in [-0.15, -0.1) is 0 Å². The van der Waals surface area contributed by atoms with E-state index < -0.39 is 5.91 Å². The molecule has 0 atom stereocenters. The van der Waals surface area contributed by atoms with Crippen molar-refractivity contribution in [2.75, 3.05) is 25.4 Å². The summed E-state index contributed by atoms with van der Waals surface area (Å²) in [6.07, 6.45) is 0. The van der Waals surface area contributed by atoms with Gasteiger partial charge in [-0.25, -0.2) is 0 Å². The number of anilines is 1. The third-order valence-corrected chi connectivity index (χ3v) is 4.70. The number of primary amides is 1. The van der Waals surface area contributed by atoms with E-state index in [1.165, 1.54) is 0 Å². The minimum Gasteiger partial charge on any atom is -0.492 e. The van der Waals surface area contributed by atoms with Crippen LogP contribution in [0.1, 0.15) is 22.8 Å². The van der Waals surface area contributed by atoms with Crippen LogP contribution in [0.5, 0.6) is 17.2 Å². The number of benzene rings is 3. The predicted molar refractivity (Wildman–Crippen MR) is 125 cm³/mol. The number of carbonyl (C=O) groups excluding carboxylic acids is 1. The molecule has 8 heteroatoms. The van der Waals surface area contributed by atoms with E-state index in [-0.39, 0.29) is 6.73 Å². The number of rotatable bonds is 12. The van der Waals surface area contributed by atoms with Crippen molar-refractivity contribution in [3.8, 4) is 17.2 Å². The van der Waals surface area contributed by atoms with Gasteiger partial charge >= 0.3 is 0 Å². The second kappa shape index (κ2) is 12.0. The van der Waals surface area contributed by atoms with Gasteiger partial charge in [0, 0.05) is 22.7 Å². The highest BCUT2D eigenvalue weighted by atomic mass is 35.5. The van der Waals surface area contributed by atoms with Gasteiger partial charge in [0.25, 0.3) is 0 Å². The smallest absolute Gasteiger partial charge is 0.248 e. The Morgan fingerprint density at radius 2 is 1.78 bits per heavy atom. The molecule has 0 fully saturated rings. The summed E-state index contributed by atoms with van der Waals surface area (Å²) >= 11 is 6.06. The van der Waals surface area contributed by atoms with Gasteiger partial charge in [-0.1, -0.05) is 29.8 Å². The van der Waals surface area contributed by atoms with E-state index in [1.54, 1.807) is 36.4 Å². The van der Waals surface area contributed by atoms with Gasteiger partial charge in [-0.2, -0.15) is 0 Å². The van der Waals surface area contributed by atoms with Crippen LogP contribution in [-0.2, 0) is 11.3 Å². The third-order valence-electron chi connectivity index (χ3n) is 4.46. The fourth-order valence-electron chi connectivity index (χ4n) is 2.92. The van der Waals surface area contributed by atoms with Gasteiger partial charge in [0.1, 0.15) is 24.0 Å². The van der Waals surface area contributed by atoms with Crippen LogP contribution < -0.4 is 25.8 Å². The molecule has 168 valence electrons. The topological polar surface area (TPSA) is 94.8 Å². The molecule has 7 nitrogen and oxygen atoms in total. The summed E-state index contributed by atoms with van der Waals surface area (Å²) in [7, 11) is 0. The first-order chi connectivity index (χ1) is 15.6.